The zero-order valence-corrected chi connectivity index (χ0v) is 11.7. The van der Waals surface area contributed by atoms with E-state index in [1.807, 2.05) is 4.90 Å². The number of fused-ring (bicyclic) bond motifs is 1. The van der Waals surface area contributed by atoms with Crippen LogP contribution in [-0.2, 0) is 13.0 Å². The Kier molecular flexibility index (Phi) is 4.40. The Bertz CT molecular complexity index is 446. The number of hydrogen-bond acceptors (Lipinski definition) is 2. The molecule has 0 bridgehead atoms. The summed E-state index contributed by atoms with van der Waals surface area (Å²) in [6.07, 6.45) is -1.44. The van der Waals surface area contributed by atoms with E-state index in [1.165, 1.54) is 5.56 Å². The Morgan fingerprint density at radius 1 is 1.26 bits per heavy atom. The van der Waals surface area contributed by atoms with Gasteiger partial charge in [-0.2, -0.15) is 0 Å². The molecule has 0 saturated heterocycles. The summed E-state index contributed by atoms with van der Waals surface area (Å²) in [4.78, 5) is 1.82. The first-order valence-electron chi connectivity index (χ1n) is 6.71. The zero-order chi connectivity index (χ0) is 14.0. The molecule has 1 aliphatic heterocycles. The van der Waals surface area contributed by atoms with E-state index in [0.717, 1.165) is 23.3 Å². The van der Waals surface area contributed by atoms with Gasteiger partial charge < -0.3 is 4.74 Å². The molecular formula is C15H21F2NO. The lowest BCUT2D eigenvalue weighted by molar-refractivity contribution is 0.0820. The molecular weight excluding hydrogens is 248 g/mol. The van der Waals surface area contributed by atoms with Crippen LogP contribution in [0.3, 0.4) is 0 Å². The Morgan fingerprint density at radius 2 is 2.00 bits per heavy atom. The molecule has 0 spiro atoms. The Hall–Kier alpha value is -1.16. The van der Waals surface area contributed by atoms with Crippen molar-refractivity contribution in [1.82, 2.24) is 4.90 Å². The summed E-state index contributed by atoms with van der Waals surface area (Å²) in [5.74, 6) is 1.28. The summed E-state index contributed by atoms with van der Waals surface area (Å²) in [6.45, 7) is 5.40. The van der Waals surface area contributed by atoms with Crippen molar-refractivity contribution in [2.45, 2.75) is 39.2 Å². The largest absolute Gasteiger partial charge is 0.496 e. The quantitative estimate of drug-likeness (QED) is 0.830. The molecule has 0 aliphatic carbocycles. The lowest BCUT2D eigenvalue weighted by Crippen LogP contribution is -2.34. The fourth-order valence-electron chi connectivity index (χ4n) is 2.64. The highest BCUT2D eigenvalue weighted by Crippen LogP contribution is 2.32. The van der Waals surface area contributed by atoms with Gasteiger partial charge >= 0.3 is 0 Å². The number of alkyl halides is 2. The molecule has 106 valence electrons. The van der Waals surface area contributed by atoms with Crippen LogP contribution in [0.1, 0.15) is 36.5 Å². The fourth-order valence-corrected chi connectivity index (χ4v) is 2.64. The van der Waals surface area contributed by atoms with Gasteiger partial charge in [0.2, 0.25) is 0 Å². The summed E-state index contributed by atoms with van der Waals surface area (Å²) in [5, 5.41) is 0. The molecule has 0 amide bonds. The number of benzene rings is 1. The summed E-state index contributed by atoms with van der Waals surface area (Å²) in [5.41, 5.74) is 3.54. The van der Waals surface area contributed by atoms with Crippen molar-refractivity contribution in [1.29, 1.82) is 0 Å². The van der Waals surface area contributed by atoms with Gasteiger partial charge in [0.25, 0.3) is 6.43 Å². The number of rotatable bonds is 4. The average molecular weight is 269 g/mol. The van der Waals surface area contributed by atoms with E-state index in [1.54, 1.807) is 7.11 Å². The lowest BCUT2D eigenvalue weighted by atomic mass is 9.92. The summed E-state index contributed by atoms with van der Waals surface area (Å²) < 4.78 is 30.4. The molecule has 2 rings (SSSR count). The van der Waals surface area contributed by atoms with Crippen LogP contribution >= 0.6 is 0 Å². The molecule has 1 aromatic carbocycles. The second-order valence-corrected chi connectivity index (χ2v) is 5.39. The second-order valence-electron chi connectivity index (χ2n) is 5.39. The smallest absolute Gasteiger partial charge is 0.251 e. The molecule has 19 heavy (non-hydrogen) atoms. The van der Waals surface area contributed by atoms with E-state index in [4.69, 9.17) is 4.74 Å². The number of hydrogen-bond donors (Lipinski definition) is 0. The number of ether oxygens (including phenoxy) is 1. The standard InChI is InChI=1S/C15H21F2NO/c1-10(2)13-6-12-8-18(9-15(16)17)5-4-11(12)7-14(13)19-3/h6-7,10,15H,4-5,8-9H2,1-3H3. The van der Waals surface area contributed by atoms with Crippen molar-refractivity contribution in [3.8, 4) is 5.75 Å². The first-order valence-corrected chi connectivity index (χ1v) is 6.71. The Morgan fingerprint density at radius 3 is 2.58 bits per heavy atom. The first kappa shape index (κ1) is 14.3. The Balaban J connectivity index is 2.26. The van der Waals surface area contributed by atoms with Crippen LogP contribution < -0.4 is 4.74 Å². The van der Waals surface area contributed by atoms with Crippen molar-refractivity contribution in [2.24, 2.45) is 0 Å². The van der Waals surface area contributed by atoms with Crippen LogP contribution in [0.15, 0.2) is 12.1 Å². The molecule has 2 nitrogen and oxygen atoms in total. The van der Waals surface area contributed by atoms with E-state index in [0.29, 0.717) is 19.0 Å². The summed E-state index contributed by atoms with van der Waals surface area (Å²) >= 11 is 0. The molecule has 1 heterocycles. The Labute approximate surface area is 113 Å². The second kappa shape index (κ2) is 5.87. The van der Waals surface area contributed by atoms with Gasteiger partial charge in [0.15, 0.2) is 0 Å². The monoisotopic (exact) mass is 269 g/mol. The van der Waals surface area contributed by atoms with Crippen molar-refractivity contribution < 1.29 is 13.5 Å². The third-order valence-electron chi connectivity index (χ3n) is 3.66. The van der Waals surface area contributed by atoms with Crippen molar-refractivity contribution in [3.63, 3.8) is 0 Å². The van der Waals surface area contributed by atoms with E-state index >= 15 is 0 Å². The molecule has 0 saturated carbocycles. The van der Waals surface area contributed by atoms with E-state index < -0.39 is 6.43 Å². The topological polar surface area (TPSA) is 12.5 Å². The van der Waals surface area contributed by atoms with Crippen LogP contribution in [0.25, 0.3) is 0 Å². The van der Waals surface area contributed by atoms with E-state index in [2.05, 4.69) is 26.0 Å². The van der Waals surface area contributed by atoms with Gasteiger partial charge in [-0.1, -0.05) is 19.9 Å². The maximum atomic E-state index is 12.5. The molecule has 0 N–H and O–H groups in total. The van der Waals surface area contributed by atoms with Gasteiger partial charge in [-0.15, -0.1) is 0 Å². The fraction of sp³-hybridized carbons (Fsp3) is 0.600. The maximum absolute atomic E-state index is 12.5. The van der Waals surface area contributed by atoms with Crippen molar-refractivity contribution in [2.75, 3.05) is 20.2 Å². The number of methoxy groups -OCH3 is 1. The molecule has 1 aromatic rings. The minimum absolute atomic E-state index is 0.136. The van der Waals surface area contributed by atoms with Gasteiger partial charge in [-0.25, -0.2) is 8.78 Å². The van der Waals surface area contributed by atoms with Gasteiger partial charge in [0.05, 0.1) is 13.7 Å². The van der Waals surface area contributed by atoms with Gasteiger partial charge in [-0.3, -0.25) is 4.90 Å². The predicted octanol–water partition coefficient (Wildman–Crippen LogP) is 3.44. The van der Waals surface area contributed by atoms with Crippen LogP contribution in [-0.4, -0.2) is 31.5 Å². The maximum Gasteiger partial charge on any atom is 0.251 e. The lowest BCUT2D eigenvalue weighted by Gasteiger charge is -2.29. The molecule has 0 atom stereocenters. The predicted molar refractivity (Wildman–Crippen MR) is 72.1 cm³/mol. The zero-order valence-electron chi connectivity index (χ0n) is 11.7. The van der Waals surface area contributed by atoms with Crippen LogP contribution in [0.5, 0.6) is 5.75 Å². The van der Waals surface area contributed by atoms with Gasteiger partial charge in [-0.05, 0) is 35.1 Å². The molecule has 0 fully saturated rings. The minimum atomic E-state index is -2.26. The highest BCUT2D eigenvalue weighted by atomic mass is 19.3. The minimum Gasteiger partial charge on any atom is -0.496 e. The molecule has 0 aromatic heterocycles. The number of halogens is 2. The van der Waals surface area contributed by atoms with E-state index in [9.17, 15) is 8.78 Å². The normalized spacial score (nSPS) is 15.9. The molecule has 4 heteroatoms. The van der Waals surface area contributed by atoms with E-state index in [-0.39, 0.29) is 6.54 Å². The van der Waals surface area contributed by atoms with Crippen LogP contribution in [0.2, 0.25) is 0 Å². The highest BCUT2D eigenvalue weighted by molar-refractivity contribution is 5.45. The van der Waals surface area contributed by atoms with Crippen LogP contribution in [0, 0.1) is 0 Å². The van der Waals surface area contributed by atoms with Crippen LogP contribution in [0.4, 0.5) is 8.78 Å². The highest BCUT2D eigenvalue weighted by Gasteiger charge is 2.21. The number of nitrogens with zero attached hydrogens (tertiary/aromatic N) is 1. The third kappa shape index (κ3) is 3.24. The van der Waals surface area contributed by atoms with Gasteiger partial charge in [0.1, 0.15) is 5.75 Å². The summed E-state index contributed by atoms with van der Waals surface area (Å²) in [7, 11) is 1.68. The first-order chi connectivity index (χ1) is 9.01. The average Bonchev–Trinajstić information content (AvgIpc) is 2.36. The third-order valence-corrected chi connectivity index (χ3v) is 3.66. The molecule has 1 aliphatic rings. The summed E-state index contributed by atoms with van der Waals surface area (Å²) in [6, 6.07) is 4.20. The molecule has 0 radical (unpaired) electrons. The SMILES string of the molecule is COc1cc2c(cc1C(C)C)CN(CC(F)F)CC2. The molecule has 0 unspecified atom stereocenters. The van der Waals surface area contributed by atoms with Crippen molar-refractivity contribution >= 4 is 0 Å². The van der Waals surface area contributed by atoms with Gasteiger partial charge in [0, 0.05) is 13.1 Å². The van der Waals surface area contributed by atoms with Crippen molar-refractivity contribution in [3.05, 3.63) is 28.8 Å².